The molecular formula is C22H34N2O3. The van der Waals surface area contributed by atoms with Crippen LogP contribution in [0, 0.1) is 11.3 Å². The van der Waals surface area contributed by atoms with E-state index in [1.165, 1.54) is 39.5 Å². The first-order chi connectivity index (χ1) is 12.5. The third-order valence-corrected chi connectivity index (χ3v) is 5.72. The molecule has 1 saturated carbocycles. The highest BCUT2D eigenvalue weighted by Crippen LogP contribution is 2.37. The smallest absolute Gasteiger partial charge is 0.328 e. The minimum atomic E-state index is -1.29. The Morgan fingerprint density at radius 1 is 1.00 bits per heavy atom. The number of carboxylic acid groups (broad SMARTS) is 1. The normalized spacial score (nSPS) is 20.9. The minimum Gasteiger partial charge on any atom is -0.480 e. The van der Waals surface area contributed by atoms with Gasteiger partial charge in [0.2, 0.25) is 0 Å². The molecule has 3 N–H and O–H groups in total. The Kier molecular flexibility index (Phi) is 6.68. The van der Waals surface area contributed by atoms with E-state index in [9.17, 15) is 9.59 Å². The Bertz CT molecular complexity index is 651. The van der Waals surface area contributed by atoms with Crippen LogP contribution in [0.4, 0.5) is 0 Å². The van der Waals surface area contributed by atoms with Gasteiger partial charge >= 0.3 is 5.97 Å². The first-order valence-electron chi connectivity index (χ1n) is 9.87. The number of nitrogens with one attached hydrogen (secondary N) is 2. The average Bonchev–Trinajstić information content (AvgIpc) is 2.59. The van der Waals surface area contributed by atoms with Crippen LogP contribution in [0.1, 0.15) is 76.2 Å². The molecule has 0 bridgehead atoms. The molecule has 1 aliphatic rings. The summed E-state index contributed by atoms with van der Waals surface area (Å²) in [5.41, 5.74) is 0.709. The molecule has 0 spiro atoms. The summed E-state index contributed by atoms with van der Waals surface area (Å²) in [6.45, 7) is 10.7. The number of carbonyl (C=O) groups excluding carboxylic acids is 1. The van der Waals surface area contributed by atoms with Gasteiger partial charge < -0.3 is 15.7 Å². The van der Waals surface area contributed by atoms with E-state index in [0.29, 0.717) is 17.0 Å². The number of benzene rings is 1. The predicted molar refractivity (Wildman–Crippen MR) is 108 cm³/mol. The van der Waals surface area contributed by atoms with Crippen LogP contribution in [-0.2, 0) is 11.3 Å². The van der Waals surface area contributed by atoms with Gasteiger partial charge in [-0.3, -0.25) is 4.79 Å². The van der Waals surface area contributed by atoms with Crippen LogP contribution in [0.15, 0.2) is 24.3 Å². The van der Waals surface area contributed by atoms with Crippen molar-refractivity contribution in [1.29, 1.82) is 0 Å². The van der Waals surface area contributed by atoms with E-state index in [-0.39, 0.29) is 5.91 Å². The maximum Gasteiger partial charge on any atom is 0.328 e. The largest absolute Gasteiger partial charge is 0.480 e. The molecule has 0 aliphatic heterocycles. The summed E-state index contributed by atoms with van der Waals surface area (Å²) < 4.78 is 0. The van der Waals surface area contributed by atoms with Crippen molar-refractivity contribution in [2.45, 2.75) is 78.4 Å². The summed E-state index contributed by atoms with van der Waals surface area (Å²) in [4.78, 5) is 23.3. The first kappa shape index (κ1) is 21.4. The van der Waals surface area contributed by atoms with Crippen LogP contribution < -0.4 is 10.6 Å². The van der Waals surface area contributed by atoms with Crippen molar-refractivity contribution >= 4 is 11.9 Å². The molecule has 0 unspecified atom stereocenters. The molecule has 1 aromatic carbocycles. The summed E-state index contributed by atoms with van der Waals surface area (Å²) >= 11 is 0. The third kappa shape index (κ3) is 6.06. The van der Waals surface area contributed by atoms with E-state index < -0.39 is 11.5 Å². The van der Waals surface area contributed by atoms with Crippen LogP contribution in [0.3, 0.4) is 0 Å². The molecule has 5 nitrogen and oxygen atoms in total. The molecule has 1 aliphatic carbocycles. The van der Waals surface area contributed by atoms with Gasteiger partial charge in [0.15, 0.2) is 0 Å². The topological polar surface area (TPSA) is 78.4 Å². The zero-order valence-corrected chi connectivity index (χ0v) is 17.3. The van der Waals surface area contributed by atoms with E-state index in [4.69, 9.17) is 5.11 Å². The van der Waals surface area contributed by atoms with Gasteiger partial charge in [-0.1, -0.05) is 32.9 Å². The fraction of sp³-hybridized carbons (Fsp3) is 0.636. The Balaban J connectivity index is 1.83. The lowest BCUT2D eigenvalue weighted by Crippen LogP contribution is -2.49. The standard InChI is InChI=1S/C22H34N2O3/c1-21(2,3)17-10-12-18(13-11-17)23-14-15-6-8-16(9-7-15)19(25)24-22(4,5)20(26)27/h6-9,17-18,23H,10-14H2,1-5H3,(H,24,25)(H,26,27). The number of amides is 1. The second-order valence-corrected chi connectivity index (χ2v) is 9.38. The monoisotopic (exact) mass is 374 g/mol. The van der Waals surface area contributed by atoms with Crippen molar-refractivity contribution in [3.63, 3.8) is 0 Å². The summed E-state index contributed by atoms with van der Waals surface area (Å²) in [7, 11) is 0. The lowest BCUT2D eigenvalue weighted by atomic mass is 9.71. The number of rotatable bonds is 6. The highest BCUT2D eigenvalue weighted by Gasteiger charge is 2.30. The summed E-state index contributed by atoms with van der Waals surface area (Å²) in [6, 6.07) is 7.91. The maximum atomic E-state index is 12.2. The van der Waals surface area contributed by atoms with Crippen molar-refractivity contribution in [2.75, 3.05) is 0 Å². The van der Waals surface area contributed by atoms with Gasteiger partial charge in [0.1, 0.15) is 5.54 Å². The van der Waals surface area contributed by atoms with Gasteiger partial charge in [0.25, 0.3) is 5.91 Å². The molecule has 2 rings (SSSR count). The predicted octanol–water partition coefficient (Wildman–Crippen LogP) is 3.97. The number of hydrogen-bond donors (Lipinski definition) is 3. The number of carbonyl (C=O) groups is 2. The fourth-order valence-corrected chi connectivity index (χ4v) is 3.61. The molecule has 0 radical (unpaired) electrons. The maximum absolute atomic E-state index is 12.2. The first-order valence-corrected chi connectivity index (χ1v) is 9.87. The average molecular weight is 375 g/mol. The van der Waals surface area contributed by atoms with Crippen LogP contribution in [0.5, 0.6) is 0 Å². The molecule has 1 aromatic rings. The summed E-state index contributed by atoms with van der Waals surface area (Å²) in [6.07, 6.45) is 4.98. The Morgan fingerprint density at radius 2 is 1.56 bits per heavy atom. The van der Waals surface area contributed by atoms with Gasteiger partial charge in [-0.25, -0.2) is 4.79 Å². The molecule has 0 aromatic heterocycles. The second-order valence-electron chi connectivity index (χ2n) is 9.38. The molecular weight excluding hydrogens is 340 g/mol. The summed E-state index contributed by atoms with van der Waals surface area (Å²) in [5.74, 6) is -0.622. The van der Waals surface area contributed by atoms with E-state index >= 15 is 0 Å². The molecule has 5 heteroatoms. The number of aliphatic carboxylic acids is 1. The highest BCUT2D eigenvalue weighted by molar-refractivity contribution is 5.97. The number of carboxylic acids is 1. The van der Waals surface area contributed by atoms with Crippen molar-refractivity contribution in [1.82, 2.24) is 10.6 Å². The van der Waals surface area contributed by atoms with Crippen molar-refractivity contribution in [3.8, 4) is 0 Å². The molecule has 0 heterocycles. The van der Waals surface area contributed by atoms with Crippen LogP contribution >= 0.6 is 0 Å². The zero-order chi connectivity index (χ0) is 20.2. The van der Waals surface area contributed by atoms with Crippen LogP contribution in [-0.4, -0.2) is 28.6 Å². The highest BCUT2D eigenvalue weighted by atomic mass is 16.4. The minimum absolute atomic E-state index is 0.373. The Hall–Kier alpha value is -1.88. The zero-order valence-electron chi connectivity index (χ0n) is 17.3. The number of hydrogen-bond acceptors (Lipinski definition) is 3. The molecule has 150 valence electrons. The molecule has 0 saturated heterocycles. The molecule has 1 amide bonds. The van der Waals surface area contributed by atoms with Gasteiger partial charge in [-0.2, -0.15) is 0 Å². The Labute approximate surface area is 162 Å². The lowest BCUT2D eigenvalue weighted by molar-refractivity contribution is -0.143. The van der Waals surface area contributed by atoms with Gasteiger partial charge in [0, 0.05) is 18.2 Å². The van der Waals surface area contributed by atoms with Gasteiger partial charge in [-0.05, 0) is 68.6 Å². The second kappa shape index (κ2) is 8.42. The molecule has 27 heavy (non-hydrogen) atoms. The lowest BCUT2D eigenvalue weighted by Gasteiger charge is -2.37. The van der Waals surface area contributed by atoms with Crippen molar-refractivity contribution in [3.05, 3.63) is 35.4 Å². The van der Waals surface area contributed by atoms with Crippen LogP contribution in [0.25, 0.3) is 0 Å². The van der Waals surface area contributed by atoms with Crippen LogP contribution in [0.2, 0.25) is 0 Å². The fourth-order valence-electron chi connectivity index (χ4n) is 3.61. The summed E-state index contributed by atoms with van der Waals surface area (Å²) in [5, 5.41) is 15.3. The molecule has 1 fully saturated rings. The molecule has 0 atom stereocenters. The van der Waals surface area contributed by atoms with E-state index in [1.54, 1.807) is 12.1 Å². The third-order valence-electron chi connectivity index (χ3n) is 5.72. The Morgan fingerprint density at radius 3 is 2.04 bits per heavy atom. The van der Waals surface area contributed by atoms with Crippen molar-refractivity contribution < 1.29 is 14.7 Å². The quantitative estimate of drug-likeness (QED) is 0.704. The van der Waals surface area contributed by atoms with Gasteiger partial charge in [0.05, 0.1) is 0 Å². The van der Waals surface area contributed by atoms with E-state index in [1.807, 2.05) is 12.1 Å². The van der Waals surface area contributed by atoms with E-state index in [2.05, 4.69) is 31.4 Å². The SMILES string of the molecule is CC(C)(NC(=O)c1ccc(CNC2CCC(C(C)(C)C)CC2)cc1)C(=O)O. The van der Waals surface area contributed by atoms with Gasteiger partial charge in [-0.15, -0.1) is 0 Å². The van der Waals surface area contributed by atoms with E-state index in [0.717, 1.165) is 18.0 Å². The van der Waals surface area contributed by atoms with Crippen molar-refractivity contribution in [2.24, 2.45) is 11.3 Å².